The second-order valence-electron chi connectivity index (χ2n) is 3.31. The molecule has 78 valence electrons. The number of aryl methyl sites for hydroxylation is 1. The lowest BCUT2D eigenvalue weighted by Crippen LogP contribution is -2.10. The topological polar surface area (TPSA) is 46.9 Å². The van der Waals surface area contributed by atoms with E-state index in [0.29, 0.717) is 11.0 Å². The Labute approximate surface area is 91.9 Å². The number of hydrogen-bond acceptors (Lipinski definition) is 2. The maximum atomic E-state index is 10.9. The molecule has 0 saturated heterocycles. The quantitative estimate of drug-likeness (QED) is 0.806. The van der Waals surface area contributed by atoms with Crippen molar-refractivity contribution in [1.82, 2.24) is 9.55 Å². The predicted molar refractivity (Wildman–Crippen MR) is 60.0 cm³/mol. The fraction of sp³-hybridized carbons (Fsp3) is 0.200. The third-order valence-corrected chi connectivity index (χ3v) is 2.37. The third kappa shape index (κ3) is 1.80. The predicted octanol–water partition coefficient (Wildman–Crippen LogP) is 2.19. The van der Waals surface area contributed by atoms with E-state index in [1.807, 2.05) is 17.7 Å². The van der Waals surface area contributed by atoms with Crippen molar-refractivity contribution < 1.29 is 4.79 Å². The van der Waals surface area contributed by atoms with Crippen LogP contribution in [0.1, 0.15) is 6.92 Å². The van der Waals surface area contributed by atoms with Crippen molar-refractivity contribution in [3.63, 3.8) is 0 Å². The summed E-state index contributed by atoms with van der Waals surface area (Å²) in [6.07, 6.45) is 0. The van der Waals surface area contributed by atoms with E-state index in [1.54, 1.807) is 12.1 Å². The van der Waals surface area contributed by atoms with Crippen molar-refractivity contribution in [2.45, 2.75) is 6.92 Å². The monoisotopic (exact) mass is 223 g/mol. The molecule has 0 spiro atoms. The first-order valence-electron chi connectivity index (χ1n) is 4.47. The Hall–Kier alpha value is -1.55. The van der Waals surface area contributed by atoms with Crippen LogP contribution < -0.4 is 5.32 Å². The molecule has 0 atom stereocenters. The molecule has 1 N–H and O–H groups in total. The van der Waals surface area contributed by atoms with Crippen molar-refractivity contribution in [2.24, 2.45) is 7.05 Å². The standard InChI is InChI=1S/C10H10ClN3O/c1-6(15)12-10-13-8-5-7(11)3-4-9(8)14(10)2/h3-5H,1-2H3,(H,12,13,15). The van der Waals surface area contributed by atoms with Crippen molar-refractivity contribution >= 4 is 34.5 Å². The highest BCUT2D eigenvalue weighted by Gasteiger charge is 2.08. The average molecular weight is 224 g/mol. The van der Waals surface area contributed by atoms with Gasteiger partial charge < -0.3 is 4.57 Å². The second-order valence-corrected chi connectivity index (χ2v) is 3.75. The van der Waals surface area contributed by atoms with Gasteiger partial charge in [-0.15, -0.1) is 0 Å². The summed E-state index contributed by atoms with van der Waals surface area (Å²) in [4.78, 5) is 15.2. The number of carbonyl (C=O) groups excluding carboxylic acids is 1. The molecular weight excluding hydrogens is 214 g/mol. The molecule has 1 aromatic carbocycles. The van der Waals surface area contributed by atoms with Crippen LogP contribution in [0.15, 0.2) is 18.2 Å². The molecule has 1 aromatic heterocycles. The van der Waals surface area contributed by atoms with Crippen LogP contribution in [-0.4, -0.2) is 15.5 Å². The zero-order valence-corrected chi connectivity index (χ0v) is 9.17. The number of nitrogens with one attached hydrogen (secondary N) is 1. The number of hydrogen-bond donors (Lipinski definition) is 1. The maximum Gasteiger partial charge on any atom is 0.223 e. The molecule has 2 aromatic rings. The molecule has 0 unspecified atom stereocenters. The minimum absolute atomic E-state index is 0.139. The lowest BCUT2D eigenvalue weighted by molar-refractivity contribution is -0.114. The number of imidazole rings is 1. The summed E-state index contributed by atoms with van der Waals surface area (Å²) in [6.45, 7) is 1.45. The van der Waals surface area contributed by atoms with Gasteiger partial charge in [0.15, 0.2) is 0 Å². The van der Waals surface area contributed by atoms with Gasteiger partial charge in [0.2, 0.25) is 11.9 Å². The summed E-state index contributed by atoms with van der Waals surface area (Å²) in [7, 11) is 1.84. The van der Waals surface area contributed by atoms with Crippen molar-refractivity contribution in [2.75, 3.05) is 5.32 Å². The fourth-order valence-corrected chi connectivity index (χ4v) is 1.61. The number of anilines is 1. The lowest BCUT2D eigenvalue weighted by Gasteiger charge is -2.00. The first-order chi connectivity index (χ1) is 7.08. The van der Waals surface area contributed by atoms with E-state index in [0.717, 1.165) is 11.0 Å². The van der Waals surface area contributed by atoms with Crippen LogP contribution in [0.4, 0.5) is 5.95 Å². The van der Waals surface area contributed by atoms with Gasteiger partial charge in [-0.3, -0.25) is 10.1 Å². The second kappa shape index (κ2) is 3.55. The molecule has 0 saturated carbocycles. The summed E-state index contributed by atoms with van der Waals surface area (Å²) in [6, 6.07) is 5.43. The van der Waals surface area contributed by atoms with Gasteiger partial charge in [-0.1, -0.05) is 11.6 Å². The summed E-state index contributed by atoms with van der Waals surface area (Å²) in [5.74, 6) is 0.388. The highest BCUT2D eigenvalue weighted by Crippen LogP contribution is 2.21. The smallest absolute Gasteiger partial charge is 0.223 e. The molecule has 15 heavy (non-hydrogen) atoms. The highest BCUT2D eigenvalue weighted by atomic mass is 35.5. The van der Waals surface area contributed by atoms with E-state index in [-0.39, 0.29) is 5.91 Å². The van der Waals surface area contributed by atoms with Gasteiger partial charge in [-0.05, 0) is 18.2 Å². The van der Waals surface area contributed by atoms with Crippen LogP contribution >= 0.6 is 11.6 Å². The van der Waals surface area contributed by atoms with Gasteiger partial charge in [0.1, 0.15) is 0 Å². The molecule has 1 heterocycles. The highest BCUT2D eigenvalue weighted by molar-refractivity contribution is 6.31. The number of rotatable bonds is 1. The van der Waals surface area contributed by atoms with Crippen molar-refractivity contribution in [3.8, 4) is 0 Å². The first kappa shape index (κ1) is 9.98. The Bertz CT molecular complexity index is 533. The van der Waals surface area contributed by atoms with Crippen LogP contribution in [0.5, 0.6) is 0 Å². The summed E-state index contributed by atoms with van der Waals surface area (Å²) in [5, 5.41) is 3.29. The largest absolute Gasteiger partial charge is 0.313 e. The van der Waals surface area contributed by atoms with E-state index < -0.39 is 0 Å². The van der Waals surface area contributed by atoms with Gasteiger partial charge >= 0.3 is 0 Å². The zero-order chi connectivity index (χ0) is 11.0. The Morgan fingerprint density at radius 2 is 2.27 bits per heavy atom. The van der Waals surface area contributed by atoms with Crippen LogP contribution in [0.3, 0.4) is 0 Å². The Kier molecular flexibility index (Phi) is 2.36. The SMILES string of the molecule is CC(=O)Nc1nc2cc(Cl)ccc2n1C. The van der Waals surface area contributed by atoms with E-state index >= 15 is 0 Å². The minimum atomic E-state index is -0.139. The summed E-state index contributed by atoms with van der Waals surface area (Å²) < 4.78 is 1.81. The van der Waals surface area contributed by atoms with E-state index in [4.69, 9.17) is 11.6 Å². The molecule has 0 aliphatic heterocycles. The number of nitrogens with zero attached hydrogens (tertiary/aromatic N) is 2. The molecule has 0 radical (unpaired) electrons. The van der Waals surface area contributed by atoms with Crippen LogP contribution in [0, 0.1) is 0 Å². The summed E-state index contributed by atoms with van der Waals surface area (Å²) in [5.41, 5.74) is 1.71. The number of fused-ring (bicyclic) bond motifs is 1. The van der Waals surface area contributed by atoms with Gasteiger partial charge in [0, 0.05) is 19.0 Å². The fourth-order valence-electron chi connectivity index (χ4n) is 1.44. The van der Waals surface area contributed by atoms with Gasteiger partial charge in [0.05, 0.1) is 11.0 Å². The first-order valence-corrected chi connectivity index (χ1v) is 4.85. The molecule has 2 rings (SSSR count). The molecule has 5 heteroatoms. The minimum Gasteiger partial charge on any atom is -0.313 e. The zero-order valence-electron chi connectivity index (χ0n) is 8.41. The third-order valence-electron chi connectivity index (χ3n) is 2.13. The molecule has 0 aliphatic rings. The van der Waals surface area contributed by atoms with E-state index in [1.165, 1.54) is 6.92 Å². The molecule has 1 amide bonds. The van der Waals surface area contributed by atoms with Crippen molar-refractivity contribution in [1.29, 1.82) is 0 Å². The normalized spacial score (nSPS) is 10.6. The molecule has 0 bridgehead atoms. The van der Waals surface area contributed by atoms with Crippen molar-refractivity contribution in [3.05, 3.63) is 23.2 Å². The molecule has 4 nitrogen and oxygen atoms in total. The van der Waals surface area contributed by atoms with Crippen LogP contribution in [0.2, 0.25) is 5.02 Å². The molecule has 0 fully saturated rings. The van der Waals surface area contributed by atoms with Gasteiger partial charge in [0.25, 0.3) is 0 Å². The number of amides is 1. The number of carbonyl (C=O) groups is 1. The average Bonchev–Trinajstić information content (AvgIpc) is 2.42. The molecule has 0 aliphatic carbocycles. The van der Waals surface area contributed by atoms with Gasteiger partial charge in [-0.25, -0.2) is 4.98 Å². The van der Waals surface area contributed by atoms with E-state index in [2.05, 4.69) is 10.3 Å². The number of aromatic nitrogens is 2. The van der Waals surface area contributed by atoms with E-state index in [9.17, 15) is 4.79 Å². The number of benzene rings is 1. The van der Waals surface area contributed by atoms with Crippen LogP contribution in [-0.2, 0) is 11.8 Å². The van der Waals surface area contributed by atoms with Gasteiger partial charge in [-0.2, -0.15) is 0 Å². The Morgan fingerprint density at radius 3 is 2.93 bits per heavy atom. The van der Waals surface area contributed by atoms with Crippen LogP contribution in [0.25, 0.3) is 11.0 Å². The lowest BCUT2D eigenvalue weighted by atomic mass is 10.3. The number of halogens is 1. The Morgan fingerprint density at radius 1 is 1.53 bits per heavy atom. The molecular formula is C10H10ClN3O. The maximum absolute atomic E-state index is 10.9. The summed E-state index contributed by atoms with van der Waals surface area (Å²) >= 11 is 5.85. The Balaban J connectivity index is 2.58.